The van der Waals surface area contributed by atoms with E-state index < -0.39 is 48.6 Å². The summed E-state index contributed by atoms with van der Waals surface area (Å²) in [6.45, 7) is 8.99. The Morgan fingerprint density at radius 1 is 0.721 bits per heavy atom. The monoisotopic (exact) mass is 870 g/mol. The molecule has 4 N–H and O–H groups in total. The Bertz CT molecular complexity index is 2040. The molecule has 2 aliphatic rings. The maximum atomic E-state index is 13.2. The van der Waals surface area contributed by atoms with Crippen LogP contribution in [0.1, 0.15) is 111 Å². The van der Waals surface area contributed by atoms with Crippen LogP contribution in [-0.4, -0.2) is 113 Å². The number of carboxylic acid groups (broad SMARTS) is 1. The Morgan fingerprint density at radius 3 is 1.62 bits per heavy atom. The van der Waals surface area contributed by atoms with Gasteiger partial charge in [0.1, 0.15) is 39.7 Å². The summed E-state index contributed by atoms with van der Waals surface area (Å²) in [4.78, 5) is 28.6. The fraction of sp³-hybridized carbons (Fsp3) is 0.550. The van der Waals surface area contributed by atoms with Gasteiger partial charge in [-0.15, -0.1) is 0 Å². The number of ether oxygens (including phenoxy) is 2. The number of nitrogens with one attached hydrogen (secondary N) is 1. The molecule has 2 aromatic carbocycles. The van der Waals surface area contributed by atoms with E-state index in [1.54, 1.807) is 49.7 Å². The molecule has 2 aliphatic heterocycles. The second kappa shape index (κ2) is 20.1. The van der Waals surface area contributed by atoms with Gasteiger partial charge in [-0.05, 0) is 91.5 Å². The Kier molecular flexibility index (Phi) is 15.9. The molecule has 0 bridgehead atoms. The number of carbonyl (C=O) groups is 2. The topological polar surface area (TPSA) is 190 Å². The van der Waals surface area contributed by atoms with Gasteiger partial charge in [0.2, 0.25) is 0 Å². The first kappa shape index (κ1) is 48.4. The van der Waals surface area contributed by atoms with Gasteiger partial charge in [-0.25, -0.2) is 4.79 Å². The van der Waals surface area contributed by atoms with Crippen LogP contribution in [-0.2, 0) is 11.2 Å². The third-order valence-electron chi connectivity index (χ3n) is 9.69. The lowest BCUT2D eigenvalue weighted by Gasteiger charge is -2.37. The number of nitrogens with zero attached hydrogens (tertiary/aromatic N) is 7. The molecular formula is C40H52F6N8O7. The highest BCUT2D eigenvalue weighted by atomic mass is 19.4. The van der Waals surface area contributed by atoms with E-state index in [0.717, 1.165) is 25.8 Å². The molecule has 21 heteroatoms. The van der Waals surface area contributed by atoms with E-state index in [1.807, 2.05) is 6.92 Å². The van der Waals surface area contributed by atoms with Crippen molar-refractivity contribution >= 4 is 11.9 Å². The third kappa shape index (κ3) is 14.7. The Balaban J connectivity index is 0.000000222. The molecule has 4 heterocycles. The van der Waals surface area contributed by atoms with Gasteiger partial charge in [0.15, 0.2) is 13.2 Å². The molecule has 0 spiro atoms. The second-order valence-corrected chi connectivity index (χ2v) is 15.9. The lowest BCUT2D eigenvalue weighted by atomic mass is 9.98. The molecule has 2 aromatic heterocycles. The van der Waals surface area contributed by atoms with Crippen LogP contribution >= 0.6 is 0 Å². The molecule has 61 heavy (non-hydrogen) atoms. The van der Waals surface area contributed by atoms with Gasteiger partial charge in [-0.1, -0.05) is 24.3 Å². The number of para-hydroxylation sites is 2. The fourth-order valence-corrected chi connectivity index (χ4v) is 6.22. The van der Waals surface area contributed by atoms with E-state index in [-0.39, 0.29) is 34.7 Å². The lowest BCUT2D eigenvalue weighted by molar-refractivity contribution is -0.154. The van der Waals surface area contributed by atoms with Crippen LogP contribution in [0.4, 0.5) is 26.3 Å². The minimum atomic E-state index is -4.50. The first-order valence-corrected chi connectivity index (χ1v) is 19.5. The summed E-state index contributed by atoms with van der Waals surface area (Å²) < 4.78 is 82.3. The van der Waals surface area contributed by atoms with Crippen LogP contribution in [0.2, 0.25) is 0 Å². The van der Waals surface area contributed by atoms with Gasteiger partial charge in [-0.2, -0.15) is 56.3 Å². The highest BCUT2D eigenvalue weighted by molar-refractivity contribution is 5.97. The van der Waals surface area contributed by atoms with Crippen molar-refractivity contribution in [3.63, 3.8) is 0 Å². The molecular weight excluding hydrogens is 818 g/mol. The van der Waals surface area contributed by atoms with Gasteiger partial charge in [0.05, 0.1) is 30.0 Å². The number of likely N-dealkylation sites (tertiary alicyclic amines) is 1. The number of hydrogen-bond donors (Lipinski definition) is 4. The molecule has 2 fully saturated rings. The molecule has 0 saturated carbocycles. The van der Waals surface area contributed by atoms with Gasteiger partial charge in [-0.3, -0.25) is 4.79 Å². The van der Waals surface area contributed by atoms with Crippen molar-refractivity contribution in [3.05, 3.63) is 83.4 Å². The number of carbonyl (C=O) groups excluding carboxylic acids is 1. The molecule has 2 saturated heterocycles. The standard InChI is InChI=1S/C20H25F3N4O3.C11H20N4O.C9H7F3O3/c1-13-8-9-14(27-24-10-17(25-27)19(2,3)29)11-26(13)18(28)15-6-4-5-7-16(15)30-12-20(21,22)23;1-8-4-5-9(6-12-8)15-13-7-10(14-15)11(2,3)16;10-9(11,12)5-15-7-4-2-1-3-6(7)8(13)14/h4-7,10,13-14,29H,8-9,11-12H2,1-3H3;7-9,12,16H,4-6H2,1-3H3;1-4H,5H2,(H,13,14)/t13-,14-;8-,9-;/m11./s1. The SMILES string of the molecule is C[C@@H]1CC[C@@H](n2ncc(C(C)(C)O)n2)CN1.C[C@@H]1CC[C@@H](n2ncc(C(C)(C)O)n2)CN1C(=O)c1ccccc1OCC(F)(F)F.O=C(O)c1ccccc1OCC(F)(F)F. The van der Waals surface area contributed by atoms with Crippen LogP contribution in [0.3, 0.4) is 0 Å². The van der Waals surface area contributed by atoms with E-state index >= 15 is 0 Å². The molecule has 336 valence electrons. The summed E-state index contributed by atoms with van der Waals surface area (Å²) in [6, 6.07) is 11.7. The first-order chi connectivity index (χ1) is 28.3. The van der Waals surface area contributed by atoms with Crippen LogP contribution in [0.15, 0.2) is 60.9 Å². The average molecular weight is 871 g/mol. The minimum absolute atomic E-state index is 0.0832. The highest BCUT2D eigenvalue weighted by Gasteiger charge is 2.35. The normalized spacial score (nSPS) is 19.8. The van der Waals surface area contributed by atoms with E-state index in [0.29, 0.717) is 36.4 Å². The number of carboxylic acids is 1. The van der Waals surface area contributed by atoms with Gasteiger partial charge < -0.3 is 35.0 Å². The molecule has 4 aromatic rings. The molecule has 0 aliphatic carbocycles. The zero-order chi connectivity index (χ0) is 45.3. The summed E-state index contributed by atoms with van der Waals surface area (Å²) in [5.74, 6) is -2.12. The zero-order valence-electron chi connectivity index (χ0n) is 34.6. The zero-order valence-corrected chi connectivity index (χ0v) is 34.6. The number of aliphatic hydroxyl groups is 2. The minimum Gasteiger partial charge on any atom is -0.483 e. The van der Waals surface area contributed by atoms with E-state index in [9.17, 15) is 46.1 Å². The summed E-state index contributed by atoms with van der Waals surface area (Å²) in [7, 11) is 0. The van der Waals surface area contributed by atoms with Crippen molar-refractivity contribution in [1.82, 2.24) is 40.2 Å². The fourth-order valence-electron chi connectivity index (χ4n) is 6.22. The Morgan fingerprint density at radius 2 is 1.18 bits per heavy atom. The van der Waals surface area contributed by atoms with Crippen molar-refractivity contribution in [2.24, 2.45) is 0 Å². The number of amides is 1. The number of piperidine rings is 2. The second-order valence-electron chi connectivity index (χ2n) is 15.9. The largest absolute Gasteiger partial charge is 0.483 e. The maximum absolute atomic E-state index is 13.2. The van der Waals surface area contributed by atoms with E-state index in [2.05, 4.69) is 37.4 Å². The van der Waals surface area contributed by atoms with Gasteiger partial charge in [0, 0.05) is 25.2 Å². The predicted molar refractivity (Wildman–Crippen MR) is 208 cm³/mol. The Labute approximate surface area is 348 Å². The van der Waals surface area contributed by atoms with Crippen LogP contribution in [0.25, 0.3) is 0 Å². The van der Waals surface area contributed by atoms with Crippen molar-refractivity contribution in [3.8, 4) is 11.5 Å². The number of hydrogen-bond acceptors (Lipinski definition) is 11. The summed E-state index contributed by atoms with van der Waals surface area (Å²) in [5, 5.41) is 49.1. The molecule has 15 nitrogen and oxygen atoms in total. The van der Waals surface area contributed by atoms with Crippen LogP contribution in [0.5, 0.6) is 11.5 Å². The lowest BCUT2D eigenvalue weighted by Crippen LogP contribution is -2.46. The van der Waals surface area contributed by atoms with Crippen molar-refractivity contribution in [1.29, 1.82) is 0 Å². The summed E-state index contributed by atoms with van der Waals surface area (Å²) >= 11 is 0. The smallest absolute Gasteiger partial charge is 0.422 e. The summed E-state index contributed by atoms with van der Waals surface area (Å²) in [6.07, 6.45) is -2.19. The van der Waals surface area contributed by atoms with Gasteiger partial charge >= 0.3 is 18.3 Å². The van der Waals surface area contributed by atoms with Crippen molar-refractivity contribution < 1.29 is 60.7 Å². The summed E-state index contributed by atoms with van der Waals surface area (Å²) in [5.41, 5.74) is -1.20. The molecule has 6 rings (SSSR count). The Hall–Kier alpha value is -5.28. The predicted octanol–water partition coefficient (Wildman–Crippen LogP) is 6.46. The molecule has 0 radical (unpaired) electrons. The number of aromatic carboxylic acids is 1. The molecule has 1 amide bonds. The highest BCUT2D eigenvalue weighted by Crippen LogP contribution is 2.30. The van der Waals surface area contributed by atoms with E-state index in [1.165, 1.54) is 53.5 Å². The van der Waals surface area contributed by atoms with Crippen LogP contribution < -0.4 is 14.8 Å². The van der Waals surface area contributed by atoms with E-state index in [4.69, 9.17) is 9.84 Å². The first-order valence-electron chi connectivity index (χ1n) is 19.5. The number of alkyl halides is 6. The number of benzene rings is 2. The van der Waals surface area contributed by atoms with Crippen molar-refractivity contribution in [2.75, 3.05) is 26.3 Å². The quantitative estimate of drug-likeness (QED) is 0.128. The molecule has 0 unspecified atom stereocenters. The third-order valence-corrected chi connectivity index (χ3v) is 9.69. The van der Waals surface area contributed by atoms with Crippen LogP contribution in [0, 0.1) is 0 Å². The maximum Gasteiger partial charge on any atom is 0.422 e. The van der Waals surface area contributed by atoms with Gasteiger partial charge in [0.25, 0.3) is 5.91 Å². The molecule has 4 atom stereocenters. The number of halogens is 6. The number of rotatable bonds is 10. The average Bonchev–Trinajstić information content (AvgIpc) is 3.89. The van der Waals surface area contributed by atoms with Crippen molar-refractivity contribution in [2.45, 2.75) is 115 Å². The number of aromatic nitrogens is 6.